The fraction of sp³-hybridized carbons (Fsp3) is 0.857. The normalized spacial score (nSPS) is 22.9. The predicted octanol–water partition coefficient (Wildman–Crippen LogP) is 4.36. The van der Waals surface area contributed by atoms with Crippen molar-refractivity contribution in [1.29, 1.82) is 0 Å². The Morgan fingerprint density at radius 2 is 1.15 bits per heavy atom. The van der Waals surface area contributed by atoms with Crippen LogP contribution in [0.15, 0.2) is 0 Å². The molecule has 0 aromatic rings. The quantitative estimate of drug-likeness (QED) is 0.379. The Kier molecular flexibility index (Phi) is 6.86. The zero-order chi connectivity index (χ0) is 19.4. The molecule has 2 fully saturated rings. The molecule has 0 amide bonds. The Bertz CT molecular complexity index is 473. The van der Waals surface area contributed by atoms with Gasteiger partial charge in [0.2, 0.25) is 0 Å². The van der Waals surface area contributed by atoms with Crippen molar-refractivity contribution in [3.05, 3.63) is 0 Å². The topological polar surface area (TPSA) is 69.7 Å². The van der Waals surface area contributed by atoms with Gasteiger partial charge in [0.15, 0.2) is 0 Å². The highest BCUT2D eigenvalue weighted by Gasteiger charge is 2.41. The van der Waals surface area contributed by atoms with Gasteiger partial charge in [0.1, 0.15) is 18.0 Å². The van der Waals surface area contributed by atoms with Gasteiger partial charge >= 0.3 is 11.9 Å². The Hall–Kier alpha value is -1.39. The summed E-state index contributed by atoms with van der Waals surface area (Å²) in [7, 11) is 0. The number of Topliss-reactive ketones (excluding diaryl/α,β-unsaturated/α-hetero) is 1. The van der Waals surface area contributed by atoms with Crippen LogP contribution < -0.4 is 0 Å². The van der Waals surface area contributed by atoms with Gasteiger partial charge in [-0.15, -0.1) is 0 Å². The van der Waals surface area contributed by atoms with E-state index in [4.69, 9.17) is 9.47 Å². The average molecular weight is 366 g/mol. The van der Waals surface area contributed by atoms with Gasteiger partial charge in [0, 0.05) is 23.7 Å². The number of hydrogen-bond donors (Lipinski definition) is 0. The molecule has 0 aromatic carbocycles. The summed E-state index contributed by atoms with van der Waals surface area (Å²) in [6, 6.07) is 0. The van der Waals surface area contributed by atoms with E-state index in [0.29, 0.717) is 31.5 Å². The second-order valence-electron chi connectivity index (χ2n) is 9.30. The third-order valence-electron chi connectivity index (χ3n) is 6.05. The monoisotopic (exact) mass is 366 g/mol. The van der Waals surface area contributed by atoms with E-state index in [2.05, 4.69) is 27.7 Å². The number of carbonyl (C=O) groups excluding carboxylic acids is 3. The number of ether oxygens (including phenoxy) is 2. The van der Waals surface area contributed by atoms with Crippen molar-refractivity contribution in [2.75, 3.05) is 0 Å². The largest absolute Gasteiger partial charge is 0.461 e. The fourth-order valence-electron chi connectivity index (χ4n) is 3.73. The Morgan fingerprint density at radius 3 is 1.46 bits per heavy atom. The van der Waals surface area contributed by atoms with Gasteiger partial charge in [-0.1, -0.05) is 40.5 Å². The zero-order valence-electron chi connectivity index (χ0n) is 16.8. The molecule has 5 heteroatoms. The van der Waals surface area contributed by atoms with E-state index in [1.165, 1.54) is 0 Å². The van der Waals surface area contributed by atoms with E-state index in [0.717, 1.165) is 38.5 Å². The van der Waals surface area contributed by atoms with E-state index in [1.807, 2.05) is 0 Å². The second-order valence-corrected chi connectivity index (χ2v) is 9.30. The Morgan fingerprint density at radius 1 is 0.808 bits per heavy atom. The van der Waals surface area contributed by atoms with Crippen molar-refractivity contribution >= 4 is 17.7 Å². The third-order valence-corrected chi connectivity index (χ3v) is 6.05. The van der Waals surface area contributed by atoms with Crippen molar-refractivity contribution in [1.82, 2.24) is 0 Å². The number of rotatable bonds is 12. The molecule has 0 aromatic heterocycles. The number of hydrogen-bond acceptors (Lipinski definition) is 5. The maximum Gasteiger partial charge on any atom is 0.309 e. The second kappa shape index (κ2) is 8.53. The van der Waals surface area contributed by atoms with Gasteiger partial charge in [-0.2, -0.15) is 0 Å². The van der Waals surface area contributed by atoms with Crippen LogP contribution in [0.25, 0.3) is 0 Å². The van der Waals surface area contributed by atoms with Gasteiger partial charge in [-0.25, -0.2) is 0 Å². The number of ketones is 1. The van der Waals surface area contributed by atoms with E-state index < -0.39 is 0 Å². The smallest absolute Gasteiger partial charge is 0.309 e. The maximum absolute atomic E-state index is 12.0. The fourth-order valence-corrected chi connectivity index (χ4v) is 3.73. The molecule has 0 aliphatic carbocycles. The van der Waals surface area contributed by atoms with Gasteiger partial charge < -0.3 is 9.47 Å². The van der Waals surface area contributed by atoms with E-state index >= 15 is 0 Å². The molecule has 148 valence electrons. The molecule has 2 atom stereocenters. The van der Waals surface area contributed by atoms with E-state index in [-0.39, 0.29) is 35.0 Å². The number of unbranched alkanes of at least 4 members (excludes halogenated alkanes) is 2. The summed E-state index contributed by atoms with van der Waals surface area (Å²) in [5.74, 6) is 0.138. The first-order valence-corrected chi connectivity index (χ1v) is 10.0. The minimum absolute atomic E-state index is 0.00746. The lowest BCUT2D eigenvalue weighted by Gasteiger charge is -2.39. The molecule has 2 heterocycles. The van der Waals surface area contributed by atoms with Crippen molar-refractivity contribution in [2.45, 2.75) is 104 Å². The molecule has 0 bridgehead atoms. The molecular weight excluding hydrogens is 332 g/mol. The van der Waals surface area contributed by atoms with Crippen LogP contribution in [0.4, 0.5) is 0 Å². The summed E-state index contributed by atoms with van der Waals surface area (Å²) in [4.78, 5) is 33.9. The van der Waals surface area contributed by atoms with Crippen LogP contribution in [0.2, 0.25) is 0 Å². The number of cyclic esters (lactones) is 2. The van der Waals surface area contributed by atoms with E-state index in [9.17, 15) is 14.4 Å². The molecule has 0 saturated carbocycles. The molecule has 0 N–H and O–H groups in total. The predicted molar refractivity (Wildman–Crippen MR) is 98.5 cm³/mol. The van der Waals surface area contributed by atoms with Crippen LogP contribution in [-0.4, -0.2) is 29.9 Å². The lowest BCUT2D eigenvalue weighted by atomic mass is 9.77. The summed E-state index contributed by atoms with van der Waals surface area (Å²) in [6.45, 7) is 8.53. The summed E-state index contributed by atoms with van der Waals surface area (Å²) in [5.41, 5.74) is 0.0149. The standard InChI is InChI=1S/C21H34O5/c1-20(2,16-13-18(23)25-16)11-7-5-9-15(22)10-6-8-12-21(3,4)17-14-19(24)26-17/h16-17H,5-14H2,1-4H3. The SMILES string of the molecule is CC(C)(CCCCC(=O)CCCCC(C)(C)C1CC(=O)O1)C1CC(=O)O1. The Labute approximate surface area is 157 Å². The van der Waals surface area contributed by atoms with Crippen molar-refractivity contribution in [3.8, 4) is 0 Å². The van der Waals surface area contributed by atoms with Crippen LogP contribution in [0.1, 0.15) is 91.9 Å². The lowest BCUT2D eigenvalue weighted by molar-refractivity contribution is -0.182. The van der Waals surface area contributed by atoms with E-state index in [1.54, 1.807) is 0 Å². The number of esters is 2. The van der Waals surface area contributed by atoms with Gasteiger partial charge in [0.05, 0.1) is 12.8 Å². The summed E-state index contributed by atoms with van der Waals surface area (Å²) >= 11 is 0. The molecule has 26 heavy (non-hydrogen) atoms. The molecule has 2 saturated heterocycles. The summed E-state index contributed by atoms with van der Waals surface area (Å²) in [6.07, 6.45) is 8.20. The van der Waals surface area contributed by atoms with Gasteiger partial charge in [0.25, 0.3) is 0 Å². The van der Waals surface area contributed by atoms with Crippen LogP contribution in [0.5, 0.6) is 0 Å². The highest BCUT2D eigenvalue weighted by atomic mass is 16.6. The summed E-state index contributed by atoms with van der Waals surface area (Å²) < 4.78 is 10.4. The van der Waals surface area contributed by atoms with Crippen LogP contribution in [0.3, 0.4) is 0 Å². The lowest BCUT2D eigenvalue weighted by Crippen LogP contribution is -2.44. The van der Waals surface area contributed by atoms with Crippen molar-refractivity contribution in [2.24, 2.45) is 10.8 Å². The highest BCUT2D eigenvalue weighted by Crippen LogP contribution is 2.37. The van der Waals surface area contributed by atoms with Crippen LogP contribution in [-0.2, 0) is 23.9 Å². The highest BCUT2D eigenvalue weighted by molar-refractivity contribution is 5.78. The van der Waals surface area contributed by atoms with Crippen molar-refractivity contribution < 1.29 is 23.9 Å². The molecule has 0 radical (unpaired) electrons. The average Bonchev–Trinajstić information content (AvgIpc) is 2.49. The summed E-state index contributed by atoms with van der Waals surface area (Å²) in [5, 5.41) is 0. The zero-order valence-corrected chi connectivity index (χ0v) is 16.8. The number of carbonyl (C=O) groups is 3. The molecule has 2 rings (SSSR count). The Balaban J connectivity index is 1.50. The molecule has 2 aliphatic heterocycles. The molecule has 2 aliphatic rings. The third kappa shape index (κ3) is 5.82. The molecule has 2 unspecified atom stereocenters. The van der Waals surface area contributed by atoms with Gasteiger partial charge in [-0.3, -0.25) is 14.4 Å². The first kappa shape index (κ1) is 20.9. The van der Waals surface area contributed by atoms with Crippen LogP contribution in [0, 0.1) is 10.8 Å². The molecular formula is C21H34O5. The minimum Gasteiger partial charge on any atom is -0.461 e. The first-order chi connectivity index (χ1) is 12.1. The molecule has 5 nitrogen and oxygen atoms in total. The van der Waals surface area contributed by atoms with Crippen LogP contribution >= 0.6 is 0 Å². The maximum atomic E-state index is 12.0. The first-order valence-electron chi connectivity index (χ1n) is 10.0. The van der Waals surface area contributed by atoms with Gasteiger partial charge in [-0.05, 0) is 25.7 Å². The van der Waals surface area contributed by atoms with Crippen molar-refractivity contribution in [3.63, 3.8) is 0 Å². The minimum atomic E-state index is -0.100. The molecule has 0 spiro atoms.